The second kappa shape index (κ2) is 10.0. The molecule has 0 spiro atoms. The van der Waals surface area contributed by atoms with Gasteiger partial charge < -0.3 is 4.90 Å². The summed E-state index contributed by atoms with van der Waals surface area (Å²) in [5.41, 5.74) is 6.50. The van der Waals surface area contributed by atoms with Crippen molar-refractivity contribution in [3.63, 3.8) is 0 Å². The van der Waals surface area contributed by atoms with Crippen molar-refractivity contribution in [2.75, 3.05) is 4.90 Å². The molecular formula is C38H23N3. The molecule has 0 radical (unpaired) electrons. The number of nitrogens with zero attached hydrogens (tertiary/aromatic N) is 3. The van der Waals surface area contributed by atoms with Crippen LogP contribution in [0, 0.1) is 22.7 Å². The molecule has 190 valence electrons. The third kappa shape index (κ3) is 4.14. The molecule has 0 aliphatic carbocycles. The Kier molecular flexibility index (Phi) is 5.90. The normalized spacial score (nSPS) is 10.9. The smallest absolute Gasteiger partial charge is 0.0991 e. The Morgan fingerprint density at radius 1 is 0.439 bits per heavy atom. The Bertz CT molecular complexity index is 2050. The van der Waals surface area contributed by atoms with Crippen LogP contribution in [0.15, 0.2) is 140 Å². The van der Waals surface area contributed by atoms with Gasteiger partial charge in [-0.25, -0.2) is 0 Å². The molecule has 3 heteroatoms. The standard InChI is InChI=1S/C38H23N3/c39-24-26-13-19-31(20-14-26)41(32-21-15-27(25-40)16-22-32)38-35-11-5-3-9-33(35)37(34-10-4-6-12-36(34)38)30-18-17-28-7-1-2-8-29(28)23-30/h1-23H. The van der Waals surface area contributed by atoms with Gasteiger partial charge in [0, 0.05) is 22.1 Å². The van der Waals surface area contributed by atoms with E-state index in [4.69, 9.17) is 0 Å². The number of benzene rings is 7. The molecule has 7 aromatic rings. The van der Waals surface area contributed by atoms with Crippen LogP contribution in [0.25, 0.3) is 43.4 Å². The average Bonchev–Trinajstić information content (AvgIpc) is 3.05. The van der Waals surface area contributed by atoms with Crippen LogP contribution in [0.3, 0.4) is 0 Å². The van der Waals surface area contributed by atoms with Gasteiger partial charge in [-0.2, -0.15) is 10.5 Å². The minimum Gasteiger partial charge on any atom is -0.309 e. The summed E-state index contributed by atoms with van der Waals surface area (Å²) in [7, 11) is 0. The number of rotatable bonds is 4. The largest absolute Gasteiger partial charge is 0.309 e. The monoisotopic (exact) mass is 521 g/mol. The first-order valence-corrected chi connectivity index (χ1v) is 13.5. The van der Waals surface area contributed by atoms with Gasteiger partial charge >= 0.3 is 0 Å². The highest BCUT2D eigenvalue weighted by Gasteiger charge is 2.22. The molecule has 0 saturated carbocycles. The number of hydrogen-bond donors (Lipinski definition) is 0. The summed E-state index contributed by atoms with van der Waals surface area (Å²) in [4.78, 5) is 2.23. The molecule has 0 N–H and O–H groups in total. The van der Waals surface area contributed by atoms with E-state index in [1.807, 2.05) is 48.5 Å². The lowest BCUT2D eigenvalue weighted by atomic mass is 9.89. The molecule has 0 atom stereocenters. The van der Waals surface area contributed by atoms with Crippen molar-refractivity contribution in [3.05, 3.63) is 151 Å². The third-order valence-electron chi connectivity index (χ3n) is 7.67. The molecule has 0 heterocycles. The summed E-state index contributed by atoms with van der Waals surface area (Å²) in [6, 6.07) is 52.1. The van der Waals surface area contributed by atoms with Gasteiger partial charge in [0.15, 0.2) is 0 Å². The predicted octanol–water partition coefficient (Wildman–Crippen LogP) is 10.0. The summed E-state index contributed by atoms with van der Waals surface area (Å²) in [5.74, 6) is 0. The number of nitriles is 2. The van der Waals surface area contributed by atoms with E-state index < -0.39 is 0 Å². The second-order valence-electron chi connectivity index (χ2n) is 10.0. The second-order valence-corrected chi connectivity index (χ2v) is 10.0. The van der Waals surface area contributed by atoms with E-state index in [1.54, 1.807) is 0 Å². The van der Waals surface area contributed by atoms with E-state index in [2.05, 4.69) is 108 Å². The van der Waals surface area contributed by atoms with Crippen molar-refractivity contribution >= 4 is 49.4 Å². The average molecular weight is 522 g/mol. The number of hydrogen-bond acceptors (Lipinski definition) is 3. The van der Waals surface area contributed by atoms with E-state index in [0.29, 0.717) is 11.1 Å². The molecule has 3 nitrogen and oxygen atoms in total. The lowest BCUT2D eigenvalue weighted by Gasteiger charge is -2.29. The van der Waals surface area contributed by atoms with Crippen LogP contribution in [0.1, 0.15) is 11.1 Å². The van der Waals surface area contributed by atoms with E-state index in [0.717, 1.165) is 38.6 Å². The first-order chi connectivity index (χ1) is 20.2. The van der Waals surface area contributed by atoms with Crippen LogP contribution in [0.4, 0.5) is 17.1 Å². The highest BCUT2D eigenvalue weighted by molar-refractivity contribution is 6.22. The molecule has 0 bridgehead atoms. The fraction of sp³-hybridized carbons (Fsp3) is 0. The molecule has 0 aliphatic heterocycles. The zero-order valence-corrected chi connectivity index (χ0v) is 22.1. The molecule has 0 unspecified atom stereocenters. The van der Waals surface area contributed by atoms with Gasteiger partial charge in [-0.1, -0.05) is 84.9 Å². The highest BCUT2D eigenvalue weighted by atomic mass is 15.1. The lowest BCUT2D eigenvalue weighted by molar-refractivity contribution is 1.30. The summed E-state index contributed by atoms with van der Waals surface area (Å²) >= 11 is 0. The Hall–Kier alpha value is -5.90. The molecule has 0 amide bonds. The van der Waals surface area contributed by atoms with Crippen molar-refractivity contribution in [2.45, 2.75) is 0 Å². The van der Waals surface area contributed by atoms with E-state index in [-0.39, 0.29) is 0 Å². The number of fused-ring (bicyclic) bond motifs is 3. The summed E-state index contributed by atoms with van der Waals surface area (Å²) in [6.07, 6.45) is 0. The van der Waals surface area contributed by atoms with Crippen molar-refractivity contribution < 1.29 is 0 Å². The minimum absolute atomic E-state index is 0.606. The van der Waals surface area contributed by atoms with Crippen molar-refractivity contribution in [1.82, 2.24) is 0 Å². The highest BCUT2D eigenvalue weighted by Crippen LogP contribution is 2.48. The first-order valence-electron chi connectivity index (χ1n) is 13.5. The van der Waals surface area contributed by atoms with Gasteiger partial charge in [-0.15, -0.1) is 0 Å². The fourth-order valence-electron chi connectivity index (χ4n) is 5.78. The van der Waals surface area contributed by atoms with Gasteiger partial charge in [0.2, 0.25) is 0 Å². The summed E-state index contributed by atoms with van der Waals surface area (Å²) in [5, 5.41) is 25.9. The maximum Gasteiger partial charge on any atom is 0.0991 e. The SMILES string of the molecule is N#Cc1ccc(N(c2ccc(C#N)cc2)c2c3ccccc3c(-c3ccc4ccccc4c3)c3ccccc23)cc1. The van der Waals surface area contributed by atoms with Gasteiger partial charge in [0.25, 0.3) is 0 Å². The van der Waals surface area contributed by atoms with Crippen LogP contribution in [-0.4, -0.2) is 0 Å². The van der Waals surface area contributed by atoms with Crippen LogP contribution in [0.5, 0.6) is 0 Å². The molecule has 0 fully saturated rings. The molecule has 0 aliphatic rings. The molecule has 0 saturated heterocycles. The van der Waals surface area contributed by atoms with Crippen LogP contribution in [0.2, 0.25) is 0 Å². The van der Waals surface area contributed by atoms with Gasteiger partial charge in [0.1, 0.15) is 0 Å². The Labute approximate surface area is 238 Å². The third-order valence-corrected chi connectivity index (χ3v) is 7.67. The molecule has 7 rings (SSSR count). The minimum atomic E-state index is 0.606. The van der Waals surface area contributed by atoms with Crippen molar-refractivity contribution in [3.8, 4) is 23.3 Å². The summed E-state index contributed by atoms with van der Waals surface area (Å²) in [6.45, 7) is 0. The molecule has 41 heavy (non-hydrogen) atoms. The Morgan fingerprint density at radius 2 is 0.902 bits per heavy atom. The van der Waals surface area contributed by atoms with E-state index in [9.17, 15) is 10.5 Å². The Morgan fingerprint density at radius 3 is 1.41 bits per heavy atom. The van der Waals surface area contributed by atoms with E-state index in [1.165, 1.54) is 21.9 Å². The molecule has 0 aromatic heterocycles. The van der Waals surface area contributed by atoms with Crippen molar-refractivity contribution in [1.29, 1.82) is 10.5 Å². The maximum atomic E-state index is 9.45. The van der Waals surface area contributed by atoms with Gasteiger partial charge in [-0.05, 0) is 87.3 Å². The fourth-order valence-corrected chi connectivity index (χ4v) is 5.78. The lowest BCUT2D eigenvalue weighted by Crippen LogP contribution is -2.11. The van der Waals surface area contributed by atoms with Gasteiger partial charge in [0.05, 0.1) is 29.0 Å². The van der Waals surface area contributed by atoms with E-state index >= 15 is 0 Å². The maximum absolute atomic E-state index is 9.45. The quantitative estimate of drug-likeness (QED) is 0.217. The Balaban J connectivity index is 1.58. The first kappa shape index (κ1) is 24.2. The van der Waals surface area contributed by atoms with Crippen LogP contribution in [-0.2, 0) is 0 Å². The topological polar surface area (TPSA) is 50.8 Å². The molecule has 7 aromatic carbocycles. The zero-order valence-electron chi connectivity index (χ0n) is 22.1. The zero-order chi connectivity index (χ0) is 27.8. The van der Waals surface area contributed by atoms with Crippen LogP contribution >= 0.6 is 0 Å². The summed E-state index contributed by atoms with van der Waals surface area (Å²) < 4.78 is 0. The van der Waals surface area contributed by atoms with Gasteiger partial charge in [-0.3, -0.25) is 0 Å². The van der Waals surface area contributed by atoms with Crippen molar-refractivity contribution in [2.24, 2.45) is 0 Å². The predicted molar refractivity (Wildman–Crippen MR) is 169 cm³/mol. The number of anilines is 3. The molecular weight excluding hydrogens is 498 g/mol. The van der Waals surface area contributed by atoms with Crippen LogP contribution < -0.4 is 4.90 Å².